The number of carbonyl (C=O) groups is 1. The largest absolute Gasteiger partial charge is 0.411 e. The molecule has 1 aromatic carbocycles. The molecule has 0 saturated carbocycles. The van der Waals surface area contributed by atoms with Crippen LogP contribution < -0.4 is 0 Å². The third-order valence-corrected chi connectivity index (χ3v) is 8.05. The summed E-state index contributed by atoms with van der Waals surface area (Å²) >= 11 is 1.18. The fraction of sp³-hybridized carbons (Fsp3) is 0.450. The fourth-order valence-electron chi connectivity index (χ4n) is 3.82. The molecule has 0 radical (unpaired) electrons. The highest BCUT2D eigenvalue weighted by atomic mass is 32.2. The zero-order valence-corrected chi connectivity index (χ0v) is 18.5. The van der Waals surface area contributed by atoms with Crippen LogP contribution in [0.5, 0.6) is 0 Å². The highest BCUT2D eigenvalue weighted by Crippen LogP contribution is 2.30. The van der Waals surface area contributed by atoms with Crippen molar-refractivity contribution >= 4 is 38.4 Å². The first-order chi connectivity index (χ1) is 14.4. The normalized spacial score (nSPS) is 19.2. The van der Waals surface area contributed by atoms with Crippen molar-refractivity contribution in [1.82, 2.24) is 20.1 Å². The molecule has 1 aliphatic heterocycles. The van der Waals surface area contributed by atoms with E-state index in [-0.39, 0.29) is 35.2 Å². The van der Waals surface area contributed by atoms with Gasteiger partial charge in [0.05, 0.1) is 22.8 Å². The molecule has 1 saturated heterocycles. The Bertz CT molecular complexity index is 1150. The molecule has 30 heavy (non-hydrogen) atoms. The van der Waals surface area contributed by atoms with E-state index in [1.165, 1.54) is 11.8 Å². The number of fused-ring (bicyclic) bond motifs is 1. The number of para-hydroxylation sites is 1. The molecule has 1 aliphatic rings. The van der Waals surface area contributed by atoms with Crippen molar-refractivity contribution in [3.63, 3.8) is 0 Å². The number of nitrogens with one attached hydrogen (secondary N) is 1. The average molecular weight is 449 g/mol. The van der Waals surface area contributed by atoms with E-state index in [0.29, 0.717) is 17.5 Å². The quantitative estimate of drug-likeness (QED) is 0.553. The van der Waals surface area contributed by atoms with E-state index < -0.39 is 9.84 Å². The Morgan fingerprint density at radius 3 is 2.90 bits per heavy atom. The maximum Gasteiger partial charge on any atom is 0.277 e. The zero-order chi connectivity index (χ0) is 21.3. The Morgan fingerprint density at radius 2 is 2.17 bits per heavy atom. The van der Waals surface area contributed by atoms with Gasteiger partial charge in [0.1, 0.15) is 0 Å². The molecule has 0 spiro atoms. The molecule has 160 valence electrons. The summed E-state index contributed by atoms with van der Waals surface area (Å²) in [6, 6.07) is 7.54. The lowest BCUT2D eigenvalue weighted by atomic mass is 10.1. The monoisotopic (exact) mass is 448 g/mol. The predicted octanol–water partition coefficient (Wildman–Crippen LogP) is 3.12. The van der Waals surface area contributed by atoms with E-state index in [0.717, 1.165) is 22.9 Å². The zero-order valence-electron chi connectivity index (χ0n) is 16.9. The van der Waals surface area contributed by atoms with E-state index in [1.807, 2.05) is 44.3 Å². The van der Waals surface area contributed by atoms with Crippen LogP contribution in [0.15, 0.2) is 40.1 Å². The van der Waals surface area contributed by atoms with Crippen LogP contribution in [-0.4, -0.2) is 63.7 Å². The fourth-order valence-corrected chi connectivity index (χ4v) is 6.17. The van der Waals surface area contributed by atoms with E-state index in [2.05, 4.69) is 15.2 Å². The number of carbonyl (C=O) groups excluding carboxylic acids is 1. The molecule has 2 aromatic heterocycles. The first-order valence-electron chi connectivity index (χ1n) is 9.92. The van der Waals surface area contributed by atoms with Crippen LogP contribution in [0.25, 0.3) is 22.4 Å². The van der Waals surface area contributed by atoms with Crippen molar-refractivity contribution < 1.29 is 17.6 Å². The van der Waals surface area contributed by atoms with Crippen LogP contribution in [0.1, 0.15) is 26.7 Å². The minimum Gasteiger partial charge on any atom is -0.411 e. The number of benzene rings is 1. The van der Waals surface area contributed by atoms with Gasteiger partial charge in [0.15, 0.2) is 9.84 Å². The number of aromatic amines is 1. The first-order valence-corrected chi connectivity index (χ1v) is 12.7. The van der Waals surface area contributed by atoms with Gasteiger partial charge < -0.3 is 14.3 Å². The van der Waals surface area contributed by atoms with Gasteiger partial charge in [-0.15, -0.1) is 10.2 Å². The number of amides is 1. The smallest absolute Gasteiger partial charge is 0.277 e. The van der Waals surface area contributed by atoms with E-state index in [4.69, 9.17) is 4.42 Å². The van der Waals surface area contributed by atoms with Crippen molar-refractivity contribution in [2.45, 2.75) is 44.0 Å². The highest BCUT2D eigenvalue weighted by Gasteiger charge is 2.36. The molecule has 0 bridgehead atoms. The summed E-state index contributed by atoms with van der Waals surface area (Å²) in [7, 11) is -3.07. The molecule has 0 unspecified atom stereocenters. The van der Waals surface area contributed by atoms with Gasteiger partial charge in [-0.25, -0.2) is 8.42 Å². The van der Waals surface area contributed by atoms with Crippen molar-refractivity contribution in [3.8, 4) is 11.5 Å². The number of H-pyrrole nitrogens is 1. The molecule has 8 nitrogen and oxygen atoms in total. The number of aromatic nitrogens is 3. The molecule has 1 amide bonds. The molecular weight excluding hydrogens is 424 g/mol. The van der Waals surface area contributed by atoms with Crippen molar-refractivity contribution in [2.24, 2.45) is 0 Å². The van der Waals surface area contributed by atoms with Gasteiger partial charge in [-0.1, -0.05) is 36.9 Å². The number of hydrogen-bond donors (Lipinski definition) is 1. The Hall–Kier alpha value is -2.33. The van der Waals surface area contributed by atoms with Crippen molar-refractivity contribution in [2.75, 3.05) is 17.3 Å². The molecular formula is C20H24N4O4S2. The Kier molecular flexibility index (Phi) is 5.88. The third-order valence-electron chi connectivity index (χ3n) is 5.50. The van der Waals surface area contributed by atoms with Gasteiger partial charge >= 0.3 is 0 Å². The molecule has 2 atom stereocenters. The Balaban J connectivity index is 1.45. The molecule has 1 N–H and O–H groups in total. The lowest BCUT2D eigenvalue weighted by molar-refractivity contribution is -0.132. The van der Waals surface area contributed by atoms with Crippen LogP contribution in [0, 0.1) is 0 Å². The summed E-state index contributed by atoms with van der Waals surface area (Å²) in [5, 5.41) is 9.48. The average Bonchev–Trinajstić information content (AvgIpc) is 3.44. The van der Waals surface area contributed by atoms with Crippen LogP contribution in [0.2, 0.25) is 0 Å². The van der Waals surface area contributed by atoms with Gasteiger partial charge in [-0.2, -0.15) is 0 Å². The Morgan fingerprint density at radius 1 is 1.37 bits per heavy atom. The number of rotatable bonds is 7. The predicted molar refractivity (Wildman–Crippen MR) is 116 cm³/mol. The first kappa shape index (κ1) is 20.9. The standard InChI is InChI=1S/C20H24N4O4S2/c1-3-13(2)24(14-8-9-30(26,27)12-14)18(25)11-29-20-23-22-19(28-20)16-10-21-17-7-5-4-6-15(16)17/h4-7,10,13-14,21H,3,8-9,11-12H2,1-2H3/t13-,14-/m0/s1. The Labute approximate surface area is 179 Å². The van der Waals surface area contributed by atoms with Gasteiger partial charge in [-0.3, -0.25) is 4.79 Å². The molecule has 10 heteroatoms. The maximum absolute atomic E-state index is 12.9. The number of nitrogens with zero attached hydrogens (tertiary/aromatic N) is 3. The maximum atomic E-state index is 12.9. The third kappa shape index (κ3) is 4.24. The van der Waals surface area contributed by atoms with Crippen molar-refractivity contribution in [1.29, 1.82) is 0 Å². The number of sulfone groups is 1. The molecule has 0 aliphatic carbocycles. The minimum atomic E-state index is -3.07. The van der Waals surface area contributed by atoms with Crippen LogP contribution >= 0.6 is 11.8 Å². The molecule has 3 aromatic rings. The summed E-state index contributed by atoms with van der Waals surface area (Å²) in [4.78, 5) is 17.8. The second kappa shape index (κ2) is 8.43. The SMILES string of the molecule is CC[C@H](C)N(C(=O)CSc1nnc(-c2c[nH]c3ccccc23)o1)[C@H]1CCS(=O)(=O)C1. The summed E-state index contributed by atoms with van der Waals surface area (Å²) < 4.78 is 29.5. The van der Waals surface area contributed by atoms with E-state index in [1.54, 1.807) is 4.90 Å². The van der Waals surface area contributed by atoms with Gasteiger partial charge in [-0.05, 0) is 25.8 Å². The van der Waals surface area contributed by atoms with Gasteiger partial charge in [0.25, 0.3) is 11.1 Å². The van der Waals surface area contributed by atoms with Crippen LogP contribution in [0.3, 0.4) is 0 Å². The minimum absolute atomic E-state index is 0.0270. The van der Waals surface area contributed by atoms with Crippen LogP contribution in [0.4, 0.5) is 0 Å². The topological polar surface area (TPSA) is 109 Å². The second-order valence-corrected chi connectivity index (χ2v) is 10.7. The molecule has 4 rings (SSSR count). The van der Waals surface area contributed by atoms with E-state index in [9.17, 15) is 13.2 Å². The summed E-state index contributed by atoms with van der Waals surface area (Å²) in [5.41, 5.74) is 1.79. The molecule has 3 heterocycles. The van der Waals surface area contributed by atoms with E-state index >= 15 is 0 Å². The lowest BCUT2D eigenvalue weighted by Crippen LogP contribution is -2.47. The number of thioether (sulfide) groups is 1. The lowest BCUT2D eigenvalue weighted by Gasteiger charge is -2.33. The van der Waals surface area contributed by atoms with Crippen molar-refractivity contribution in [3.05, 3.63) is 30.5 Å². The van der Waals surface area contributed by atoms with Gasteiger partial charge in [0, 0.05) is 29.2 Å². The van der Waals surface area contributed by atoms with Crippen LogP contribution in [-0.2, 0) is 14.6 Å². The molecule has 1 fully saturated rings. The summed E-state index contributed by atoms with van der Waals surface area (Å²) in [5.74, 6) is 0.587. The highest BCUT2D eigenvalue weighted by molar-refractivity contribution is 7.99. The second-order valence-electron chi connectivity index (χ2n) is 7.52. The van der Waals surface area contributed by atoms with Gasteiger partial charge in [0.2, 0.25) is 5.91 Å². The summed E-state index contributed by atoms with van der Waals surface area (Å²) in [6.45, 7) is 3.95. The summed E-state index contributed by atoms with van der Waals surface area (Å²) in [6.07, 6.45) is 3.08. The number of hydrogen-bond acceptors (Lipinski definition) is 7.